The molecule has 2 aliphatic rings. The third kappa shape index (κ3) is 4.81. The zero-order valence-corrected chi connectivity index (χ0v) is 21.3. The van der Waals surface area contributed by atoms with E-state index in [1.165, 1.54) is 0 Å². The van der Waals surface area contributed by atoms with Crippen molar-refractivity contribution in [3.63, 3.8) is 0 Å². The Balaban J connectivity index is 2.01. The molecule has 1 aromatic carbocycles. The normalized spacial score (nSPS) is 37.0. The van der Waals surface area contributed by atoms with Gasteiger partial charge in [0.2, 0.25) is 5.91 Å². The van der Waals surface area contributed by atoms with Gasteiger partial charge in [-0.05, 0) is 56.6 Å². The quantitative estimate of drug-likeness (QED) is 0.399. The zero-order chi connectivity index (χ0) is 26.0. The fraction of sp³-hybridized carbons (Fsp3) is 0.607. The average Bonchev–Trinajstić information content (AvgIpc) is 2.85. The molecule has 35 heavy (non-hydrogen) atoms. The smallest absolute Gasteiger partial charge is 0.332 e. The first-order valence-electron chi connectivity index (χ1n) is 12.5. The number of anilines is 1. The molecule has 2 fully saturated rings. The minimum atomic E-state index is -1.03. The Bertz CT molecular complexity index is 963. The summed E-state index contributed by atoms with van der Waals surface area (Å²) in [6, 6.07) is 9.15. The molecule has 2 saturated carbocycles. The first kappa shape index (κ1) is 27.1. The lowest BCUT2D eigenvalue weighted by atomic mass is 9.46. The average molecular weight is 486 g/mol. The third-order valence-corrected chi connectivity index (χ3v) is 9.03. The Morgan fingerprint density at radius 1 is 1.23 bits per heavy atom. The third-order valence-electron chi connectivity index (χ3n) is 9.03. The van der Waals surface area contributed by atoms with Crippen LogP contribution in [0, 0.1) is 28.1 Å². The molecule has 1 amide bonds. The summed E-state index contributed by atoms with van der Waals surface area (Å²) < 4.78 is 5.69. The van der Waals surface area contributed by atoms with Crippen molar-refractivity contribution in [2.24, 2.45) is 28.1 Å². The van der Waals surface area contributed by atoms with Crippen LogP contribution in [0.4, 0.5) is 5.69 Å². The molecule has 3 N–H and O–H groups in total. The van der Waals surface area contributed by atoms with Gasteiger partial charge in [-0.3, -0.25) is 9.59 Å². The minimum Gasteiger partial charge on any atom is -0.460 e. The summed E-state index contributed by atoms with van der Waals surface area (Å²) in [5.74, 6) is -1.61. The molecule has 192 valence electrons. The van der Waals surface area contributed by atoms with Gasteiger partial charge < -0.3 is 20.3 Å². The number of ketones is 1. The Morgan fingerprint density at radius 3 is 2.49 bits per heavy atom. The number of aliphatic hydroxyl groups excluding tert-OH is 2. The van der Waals surface area contributed by atoms with Crippen molar-refractivity contribution >= 4 is 23.3 Å². The molecule has 0 saturated heterocycles. The summed E-state index contributed by atoms with van der Waals surface area (Å²) in [5.41, 5.74) is -2.15. The largest absolute Gasteiger partial charge is 0.460 e. The first-order chi connectivity index (χ1) is 16.4. The molecule has 0 radical (unpaired) electrons. The summed E-state index contributed by atoms with van der Waals surface area (Å²) in [7, 11) is 0. The van der Waals surface area contributed by atoms with Crippen LogP contribution < -0.4 is 5.32 Å². The number of amides is 1. The molecular formula is C28H39NO6. The predicted molar refractivity (Wildman–Crippen MR) is 133 cm³/mol. The molecule has 0 spiro atoms. The molecule has 7 heteroatoms. The highest BCUT2D eigenvalue weighted by atomic mass is 16.6. The van der Waals surface area contributed by atoms with E-state index >= 15 is 0 Å². The molecule has 7 nitrogen and oxygen atoms in total. The summed E-state index contributed by atoms with van der Waals surface area (Å²) >= 11 is 0. The first-order valence-corrected chi connectivity index (χ1v) is 12.5. The van der Waals surface area contributed by atoms with Gasteiger partial charge in [0, 0.05) is 22.9 Å². The summed E-state index contributed by atoms with van der Waals surface area (Å²) in [4.78, 5) is 39.4. The van der Waals surface area contributed by atoms with Gasteiger partial charge in [0.15, 0.2) is 0 Å². The summed E-state index contributed by atoms with van der Waals surface area (Å²) in [6.45, 7) is 10.7. The van der Waals surface area contributed by atoms with Crippen LogP contribution in [0.5, 0.6) is 0 Å². The second-order valence-electron chi connectivity index (χ2n) is 10.9. The molecule has 2 aliphatic carbocycles. The van der Waals surface area contributed by atoms with Crippen molar-refractivity contribution in [3.8, 4) is 0 Å². The molecule has 0 heterocycles. The number of carbonyl (C=O) groups excluding carboxylic acids is 3. The highest BCUT2D eigenvalue weighted by Crippen LogP contribution is 2.59. The number of rotatable bonds is 7. The van der Waals surface area contributed by atoms with Crippen molar-refractivity contribution in [2.45, 2.75) is 72.0 Å². The Hall–Kier alpha value is -2.51. The number of hydrogen-bond acceptors (Lipinski definition) is 6. The standard InChI is InChI=1S/C28H39NO6/c1-6-26(4)16-21(35-23(32)17-30)27(5)18(2)12-14-28(25(27)34,19(3)24(26)33)15-13-22(31)29-20-10-8-7-9-11-20/h6-11,18-19,21,24,30,33H,1,12-17H2,2-5H3,(H,29,31)/t18?,19-,21+,24-,26+,27-,28-/m0/s1. The Labute approximate surface area is 207 Å². The molecule has 1 unspecified atom stereocenters. The monoisotopic (exact) mass is 485 g/mol. The van der Waals surface area contributed by atoms with Crippen LogP contribution >= 0.6 is 0 Å². The van der Waals surface area contributed by atoms with E-state index in [0.717, 1.165) is 0 Å². The second-order valence-corrected chi connectivity index (χ2v) is 10.9. The summed E-state index contributed by atoms with van der Waals surface area (Å²) in [5, 5.41) is 23.8. The Kier molecular flexibility index (Phi) is 7.92. The highest BCUT2D eigenvalue weighted by molar-refractivity contribution is 5.94. The van der Waals surface area contributed by atoms with E-state index in [0.29, 0.717) is 18.5 Å². The maximum absolute atomic E-state index is 14.4. The van der Waals surface area contributed by atoms with Crippen molar-refractivity contribution in [1.82, 2.24) is 0 Å². The molecule has 7 atom stereocenters. The molecule has 0 aliphatic heterocycles. The number of esters is 1. The lowest BCUT2D eigenvalue weighted by molar-refractivity contribution is -0.193. The van der Waals surface area contributed by atoms with Gasteiger partial charge in [-0.25, -0.2) is 4.79 Å². The number of nitrogens with one attached hydrogen (secondary N) is 1. The number of carbonyl (C=O) groups is 3. The molecule has 0 aromatic heterocycles. The van der Waals surface area contributed by atoms with Gasteiger partial charge in [0.25, 0.3) is 0 Å². The van der Waals surface area contributed by atoms with Crippen molar-refractivity contribution in [3.05, 3.63) is 43.0 Å². The van der Waals surface area contributed by atoms with Crippen LogP contribution in [-0.2, 0) is 19.1 Å². The van der Waals surface area contributed by atoms with E-state index in [9.17, 15) is 24.6 Å². The number of aliphatic hydroxyl groups is 2. The number of para-hydroxylation sites is 1. The van der Waals surface area contributed by atoms with Crippen LogP contribution in [0.1, 0.15) is 59.8 Å². The van der Waals surface area contributed by atoms with Crippen LogP contribution in [0.2, 0.25) is 0 Å². The van der Waals surface area contributed by atoms with Gasteiger partial charge in [-0.2, -0.15) is 0 Å². The maximum Gasteiger partial charge on any atom is 0.332 e. The topological polar surface area (TPSA) is 113 Å². The van der Waals surface area contributed by atoms with Crippen LogP contribution in [-0.4, -0.2) is 46.7 Å². The molecule has 2 bridgehead atoms. The van der Waals surface area contributed by atoms with Gasteiger partial charge in [0.05, 0.1) is 11.5 Å². The number of benzene rings is 1. The SMILES string of the molecule is C=C[C@]1(C)C[C@@H](OC(=O)CO)[C@@]2(C)C(=O)[C@](CCC(=O)Nc3ccccc3)(CCC2C)[C@@H](C)[C@@H]1O. The zero-order valence-electron chi connectivity index (χ0n) is 21.3. The van der Waals surface area contributed by atoms with Crippen LogP contribution in [0.15, 0.2) is 43.0 Å². The van der Waals surface area contributed by atoms with E-state index in [1.54, 1.807) is 18.2 Å². The van der Waals surface area contributed by atoms with Gasteiger partial charge in [-0.15, -0.1) is 6.58 Å². The van der Waals surface area contributed by atoms with E-state index in [2.05, 4.69) is 11.9 Å². The minimum absolute atomic E-state index is 0.0790. The molecular weight excluding hydrogens is 446 g/mol. The van der Waals surface area contributed by atoms with E-state index in [-0.39, 0.29) is 36.9 Å². The fourth-order valence-electron chi connectivity index (χ4n) is 6.26. The van der Waals surface area contributed by atoms with Crippen molar-refractivity contribution in [2.75, 3.05) is 11.9 Å². The van der Waals surface area contributed by atoms with E-state index < -0.39 is 46.9 Å². The Morgan fingerprint density at radius 2 is 1.89 bits per heavy atom. The summed E-state index contributed by atoms with van der Waals surface area (Å²) in [6.07, 6.45) is 1.73. The van der Waals surface area contributed by atoms with Crippen molar-refractivity contribution < 1.29 is 29.3 Å². The fourth-order valence-corrected chi connectivity index (χ4v) is 6.26. The van der Waals surface area contributed by atoms with Crippen LogP contribution in [0.3, 0.4) is 0 Å². The van der Waals surface area contributed by atoms with Gasteiger partial charge in [-0.1, -0.05) is 45.0 Å². The second kappa shape index (κ2) is 10.2. The van der Waals surface area contributed by atoms with E-state index in [4.69, 9.17) is 4.74 Å². The lowest BCUT2D eigenvalue weighted by Gasteiger charge is -2.58. The lowest BCUT2D eigenvalue weighted by Crippen LogP contribution is -2.64. The molecule has 1 aromatic rings. The van der Waals surface area contributed by atoms with Gasteiger partial charge >= 0.3 is 5.97 Å². The number of ether oxygens (including phenoxy) is 1. The number of Topliss-reactive ketones (excluding diaryl/α,β-unsaturated/α-hetero) is 1. The highest BCUT2D eigenvalue weighted by Gasteiger charge is 2.64. The van der Waals surface area contributed by atoms with Crippen molar-refractivity contribution in [1.29, 1.82) is 0 Å². The molecule has 3 rings (SSSR count). The van der Waals surface area contributed by atoms with E-state index in [1.807, 2.05) is 45.9 Å². The van der Waals surface area contributed by atoms with Crippen LogP contribution in [0.25, 0.3) is 0 Å². The predicted octanol–water partition coefficient (Wildman–Crippen LogP) is 3.89. The van der Waals surface area contributed by atoms with Gasteiger partial charge in [0.1, 0.15) is 18.5 Å². The number of fused-ring (bicyclic) bond motifs is 2. The maximum atomic E-state index is 14.4. The number of hydrogen-bond donors (Lipinski definition) is 3.